The predicted octanol–water partition coefficient (Wildman–Crippen LogP) is -2.13. The van der Waals surface area contributed by atoms with Crippen molar-refractivity contribution in [3.8, 4) is 0 Å². The van der Waals surface area contributed by atoms with E-state index in [1.54, 1.807) is 6.92 Å². The summed E-state index contributed by atoms with van der Waals surface area (Å²) in [5.41, 5.74) is 0. The van der Waals surface area contributed by atoms with Gasteiger partial charge in [-0.1, -0.05) is 0 Å². The van der Waals surface area contributed by atoms with Crippen LogP contribution in [-0.2, 0) is 14.6 Å². The van der Waals surface area contributed by atoms with Gasteiger partial charge in [0.2, 0.25) is 5.91 Å². The second-order valence-corrected chi connectivity index (χ2v) is 5.74. The Morgan fingerprint density at radius 1 is 1.47 bits per heavy atom. The molecule has 1 fully saturated rings. The SMILES string of the molecule is CCNC(=O)CNC1CS(=O)(=O)CC1O. The molecule has 7 heteroatoms. The lowest BCUT2D eigenvalue weighted by atomic mass is 10.2. The lowest BCUT2D eigenvalue weighted by Gasteiger charge is -2.14. The Morgan fingerprint density at radius 3 is 2.60 bits per heavy atom. The van der Waals surface area contributed by atoms with Crippen LogP contribution in [0.25, 0.3) is 0 Å². The van der Waals surface area contributed by atoms with Crippen molar-refractivity contribution in [2.75, 3.05) is 24.6 Å². The van der Waals surface area contributed by atoms with Crippen molar-refractivity contribution in [3.05, 3.63) is 0 Å². The summed E-state index contributed by atoms with van der Waals surface area (Å²) in [6, 6.07) is -0.530. The largest absolute Gasteiger partial charge is 0.390 e. The van der Waals surface area contributed by atoms with Crippen LogP contribution in [0, 0.1) is 0 Å². The Morgan fingerprint density at radius 2 is 2.13 bits per heavy atom. The number of sulfone groups is 1. The van der Waals surface area contributed by atoms with Gasteiger partial charge in [-0.15, -0.1) is 0 Å². The molecule has 0 aromatic rings. The maximum absolute atomic E-state index is 11.1. The molecule has 0 aliphatic carbocycles. The number of nitrogens with one attached hydrogen (secondary N) is 2. The Balaban J connectivity index is 2.37. The van der Waals surface area contributed by atoms with Gasteiger partial charge >= 0.3 is 0 Å². The molecular formula is C8H16N2O4S. The molecule has 6 nitrogen and oxygen atoms in total. The van der Waals surface area contributed by atoms with E-state index in [1.165, 1.54) is 0 Å². The van der Waals surface area contributed by atoms with Crippen LogP contribution < -0.4 is 10.6 Å². The van der Waals surface area contributed by atoms with E-state index in [0.717, 1.165) is 0 Å². The average molecular weight is 236 g/mol. The van der Waals surface area contributed by atoms with Crippen molar-refractivity contribution in [2.45, 2.75) is 19.1 Å². The summed E-state index contributed by atoms with van der Waals surface area (Å²) in [7, 11) is -3.15. The van der Waals surface area contributed by atoms with Crippen molar-refractivity contribution in [3.63, 3.8) is 0 Å². The summed E-state index contributed by atoms with van der Waals surface area (Å²) in [5, 5.41) is 14.7. The third kappa shape index (κ3) is 3.77. The number of hydrogen-bond donors (Lipinski definition) is 3. The maximum Gasteiger partial charge on any atom is 0.233 e. The van der Waals surface area contributed by atoms with Crippen LogP contribution in [0.3, 0.4) is 0 Å². The summed E-state index contributed by atoms with van der Waals surface area (Å²) in [6.07, 6.45) is -0.913. The van der Waals surface area contributed by atoms with E-state index >= 15 is 0 Å². The Hall–Kier alpha value is -0.660. The van der Waals surface area contributed by atoms with Gasteiger partial charge in [0, 0.05) is 12.6 Å². The second kappa shape index (κ2) is 4.91. The van der Waals surface area contributed by atoms with Gasteiger partial charge < -0.3 is 15.7 Å². The molecule has 2 atom stereocenters. The van der Waals surface area contributed by atoms with E-state index in [4.69, 9.17) is 0 Å². The van der Waals surface area contributed by atoms with E-state index in [1.807, 2.05) is 0 Å². The molecule has 0 saturated carbocycles. The molecule has 0 radical (unpaired) electrons. The van der Waals surface area contributed by atoms with Crippen molar-refractivity contribution < 1.29 is 18.3 Å². The number of rotatable bonds is 4. The minimum atomic E-state index is -3.15. The highest BCUT2D eigenvalue weighted by Gasteiger charge is 2.36. The molecule has 1 aliphatic rings. The number of aliphatic hydroxyl groups is 1. The van der Waals surface area contributed by atoms with Crippen LogP contribution in [0.5, 0.6) is 0 Å². The fourth-order valence-corrected chi connectivity index (χ4v) is 3.28. The van der Waals surface area contributed by atoms with Crippen LogP contribution in [0.1, 0.15) is 6.92 Å². The Bertz CT molecular complexity index is 328. The number of hydrogen-bond acceptors (Lipinski definition) is 5. The Kier molecular flexibility index (Phi) is 4.06. The fourth-order valence-electron chi connectivity index (χ4n) is 1.51. The predicted molar refractivity (Wildman–Crippen MR) is 55.1 cm³/mol. The van der Waals surface area contributed by atoms with Crippen molar-refractivity contribution in [1.82, 2.24) is 10.6 Å². The number of carbonyl (C=O) groups excluding carboxylic acids is 1. The monoisotopic (exact) mass is 236 g/mol. The summed E-state index contributed by atoms with van der Waals surface area (Å²) in [6.45, 7) is 2.36. The van der Waals surface area contributed by atoms with Gasteiger partial charge in [-0.05, 0) is 6.92 Å². The topological polar surface area (TPSA) is 95.5 Å². The first-order chi connectivity index (χ1) is 6.94. The van der Waals surface area contributed by atoms with Crippen LogP contribution in [0.2, 0.25) is 0 Å². The van der Waals surface area contributed by atoms with Gasteiger partial charge in [-0.25, -0.2) is 8.42 Å². The summed E-state index contributed by atoms with van der Waals surface area (Å²) < 4.78 is 22.2. The van der Waals surface area contributed by atoms with Crippen LogP contribution in [0.15, 0.2) is 0 Å². The van der Waals surface area contributed by atoms with Gasteiger partial charge in [0.1, 0.15) is 0 Å². The molecule has 0 aromatic carbocycles. The maximum atomic E-state index is 11.1. The molecule has 1 amide bonds. The van der Waals surface area contributed by atoms with Gasteiger partial charge in [-0.2, -0.15) is 0 Å². The second-order valence-electron chi connectivity index (χ2n) is 3.59. The first-order valence-electron chi connectivity index (χ1n) is 4.83. The molecule has 2 unspecified atom stereocenters. The normalized spacial score (nSPS) is 28.9. The van der Waals surface area contributed by atoms with Crippen molar-refractivity contribution in [2.24, 2.45) is 0 Å². The zero-order chi connectivity index (χ0) is 11.5. The molecule has 3 N–H and O–H groups in total. The highest BCUT2D eigenvalue weighted by molar-refractivity contribution is 7.91. The number of amides is 1. The summed E-state index contributed by atoms with van der Waals surface area (Å²) in [4.78, 5) is 11.1. The number of carbonyl (C=O) groups is 1. The van der Waals surface area contributed by atoms with Crippen molar-refractivity contribution in [1.29, 1.82) is 0 Å². The minimum absolute atomic E-state index is 0.0328. The zero-order valence-corrected chi connectivity index (χ0v) is 9.38. The third-order valence-corrected chi connectivity index (χ3v) is 3.94. The molecule has 88 valence electrons. The van der Waals surface area contributed by atoms with Crippen LogP contribution >= 0.6 is 0 Å². The summed E-state index contributed by atoms with van der Waals surface area (Å²) >= 11 is 0. The number of aliphatic hydroxyl groups excluding tert-OH is 1. The quantitative estimate of drug-likeness (QED) is 0.518. The van der Waals surface area contributed by atoms with E-state index in [9.17, 15) is 18.3 Å². The Labute approximate surface area is 89.0 Å². The van der Waals surface area contributed by atoms with E-state index in [0.29, 0.717) is 6.54 Å². The number of likely N-dealkylation sites (N-methyl/N-ethyl adjacent to an activating group) is 1. The van der Waals surface area contributed by atoms with Crippen LogP contribution in [0.4, 0.5) is 0 Å². The molecule has 0 spiro atoms. The smallest absolute Gasteiger partial charge is 0.233 e. The zero-order valence-electron chi connectivity index (χ0n) is 8.56. The first-order valence-corrected chi connectivity index (χ1v) is 6.65. The molecule has 15 heavy (non-hydrogen) atoms. The lowest BCUT2D eigenvalue weighted by molar-refractivity contribution is -0.120. The van der Waals surface area contributed by atoms with Crippen molar-refractivity contribution >= 4 is 15.7 Å². The summed E-state index contributed by atoms with van der Waals surface area (Å²) in [5.74, 6) is -0.526. The molecule has 1 aliphatic heterocycles. The molecule has 0 bridgehead atoms. The first kappa shape index (κ1) is 12.4. The highest BCUT2D eigenvalue weighted by Crippen LogP contribution is 2.11. The molecular weight excluding hydrogens is 220 g/mol. The van der Waals surface area contributed by atoms with E-state index < -0.39 is 22.0 Å². The molecule has 1 saturated heterocycles. The third-order valence-electron chi connectivity index (χ3n) is 2.22. The minimum Gasteiger partial charge on any atom is -0.390 e. The van der Waals surface area contributed by atoms with Gasteiger partial charge in [-0.3, -0.25) is 4.79 Å². The van der Waals surface area contributed by atoms with Gasteiger partial charge in [0.15, 0.2) is 9.84 Å². The molecule has 1 rings (SSSR count). The van der Waals surface area contributed by atoms with E-state index in [-0.39, 0.29) is 24.0 Å². The lowest BCUT2D eigenvalue weighted by Crippen LogP contribution is -2.44. The molecule has 1 heterocycles. The highest BCUT2D eigenvalue weighted by atomic mass is 32.2. The fraction of sp³-hybridized carbons (Fsp3) is 0.875. The average Bonchev–Trinajstić information content (AvgIpc) is 2.36. The van der Waals surface area contributed by atoms with Crippen LogP contribution in [-0.4, -0.2) is 56.2 Å². The van der Waals surface area contributed by atoms with Gasteiger partial charge in [0.25, 0.3) is 0 Å². The van der Waals surface area contributed by atoms with E-state index in [2.05, 4.69) is 10.6 Å². The van der Waals surface area contributed by atoms with Gasteiger partial charge in [0.05, 0.1) is 24.2 Å². The standard InChI is InChI=1S/C8H16N2O4S/c1-2-9-8(12)3-10-6-4-15(13,14)5-7(6)11/h6-7,10-11H,2-5H2,1H3,(H,9,12). The molecule has 0 aromatic heterocycles.